The summed E-state index contributed by atoms with van der Waals surface area (Å²) in [7, 11) is 0. The van der Waals surface area contributed by atoms with Crippen LogP contribution >= 0.6 is 59.7 Å². The van der Waals surface area contributed by atoms with Crippen LogP contribution in [0.5, 0.6) is 0 Å². The minimum absolute atomic E-state index is 0.339. The van der Waals surface area contributed by atoms with Crippen LogP contribution in [0.2, 0.25) is 0 Å². The minimum Gasteiger partial charge on any atom is -0.381 e. The summed E-state index contributed by atoms with van der Waals surface area (Å²) in [5.74, 6) is 9.62. The number of ether oxygens (including phenoxy) is 1. The van der Waals surface area contributed by atoms with Crippen molar-refractivity contribution < 1.29 is 4.74 Å². The summed E-state index contributed by atoms with van der Waals surface area (Å²) in [5.41, 5.74) is 0. The van der Waals surface area contributed by atoms with E-state index in [1.807, 2.05) is 23.5 Å². The van der Waals surface area contributed by atoms with Crippen molar-refractivity contribution >= 4 is 59.7 Å². The smallest absolute Gasteiger partial charge is 0.0556 e. The van der Waals surface area contributed by atoms with Crippen molar-refractivity contribution in [2.24, 2.45) is 0 Å². The van der Waals surface area contributed by atoms with Gasteiger partial charge < -0.3 is 4.74 Å². The number of thioether (sulfide) groups is 4. The first-order valence-electron chi connectivity index (χ1n) is 8.18. The Labute approximate surface area is 161 Å². The lowest BCUT2D eigenvalue weighted by Crippen LogP contribution is -2.19. The van der Waals surface area contributed by atoms with Gasteiger partial charge in [-0.1, -0.05) is 20.8 Å². The molecule has 1 nitrogen and oxygen atoms in total. The van der Waals surface area contributed by atoms with Crippen LogP contribution in [0.1, 0.15) is 33.6 Å². The van der Waals surface area contributed by atoms with Gasteiger partial charge in [-0.15, -0.1) is 0 Å². The van der Waals surface area contributed by atoms with E-state index in [1.54, 1.807) is 0 Å². The molecule has 6 heteroatoms. The highest BCUT2D eigenvalue weighted by Gasteiger charge is 2.17. The summed E-state index contributed by atoms with van der Waals surface area (Å²) in [6.45, 7) is 8.72. The lowest BCUT2D eigenvalue weighted by Gasteiger charge is -2.23. The maximum atomic E-state index is 5.79. The van der Waals surface area contributed by atoms with Crippen LogP contribution < -0.4 is 0 Å². The van der Waals surface area contributed by atoms with Crippen LogP contribution in [-0.4, -0.2) is 64.0 Å². The third kappa shape index (κ3) is 18.1. The maximum Gasteiger partial charge on any atom is 0.0556 e. The molecule has 0 bridgehead atoms. The highest BCUT2D eigenvalue weighted by Crippen LogP contribution is 2.28. The van der Waals surface area contributed by atoms with Crippen LogP contribution in [0.15, 0.2) is 0 Å². The van der Waals surface area contributed by atoms with Gasteiger partial charge in [-0.05, 0) is 24.3 Å². The number of hydrogen-bond donors (Lipinski definition) is 1. The summed E-state index contributed by atoms with van der Waals surface area (Å²) >= 11 is 12.4. The minimum atomic E-state index is 0.339. The van der Waals surface area contributed by atoms with Crippen molar-refractivity contribution in [3.05, 3.63) is 0 Å². The number of thiol groups is 1. The molecule has 0 aromatic heterocycles. The molecule has 0 unspecified atom stereocenters. The van der Waals surface area contributed by atoms with Crippen LogP contribution in [0, 0.1) is 0 Å². The van der Waals surface area contributed by atoms with E-state index in [9.17, 15) is 0 Å². The summed E-state index contributed by atoms with van der Waals surface area (Å²) in [6, 6.07) is 0. The van der Waals surface area contributed by atoms with Crippen molar-refractivity contribution in [2.75, 3.05) is 59.2 Å². The van der Waals surface area contributed by atoms with Crippen molar-refractivity contribution in [3.63, 3.8) is 0 Å². The quantitative estimate of drug-likeness (QED) is 0.255. The Balaban J connectivity index is 3.30. The Morgan fingerprint density at radius 2 is 1.45 bits per heavy atom. The fourth-order valence-corrected chi connectivity index (χ4v) is 5.80. The van der Waals surface area contributed by atoms with E-state index in [0.29, 0.717) is 4.75 Å². The Bertz CT molecular complexity index is 227. The van der Waals surface area contributed by atoms with Gasteiger partial charge in [-0.25, -0.2) is 0 Å². The molecule has 0 aliphatic carbocycles. The lowest BCUT2D eigenvalue weighted by atomic mass is 10.1. The van der Waals surface area contributed by atoms with Crippen LogP contribution in [0.25, 0.3) is 0 Å². The third-order valence-corrected chi connectivity index (χ3v) is 8.46. The summed E-state index contributed by atoms with van der Waals surface area (Å²) in [6.07, 6.45) is 2.44. The predicted octanol–water partition coefficient (Wildman–Crippen LogP) is 5.44. The Morgan fingerprint density at radius 3 is 2.14 bits per heavy atom. The van der Waals surface area contributed by atoms with Crippen LogP contribution in [-0.2, 0) is 4.74 Å². The van der Waals surface area contributed by atoms with Crippen molar-refractivity contribution in [3.8, 4) is 0 Å². The van der Waals surface area contributed by atoms with Gasteiger partial charge in [0.25, 0.3) is 0 Å². The maximum absolute atomic E-state index is 5.79. The molecule has 0 radical (unpaired) electrons. The molecular formula is C16H34OS5. The van der Waals surface area contributed by atoms with Crippen LogP contribution in [0.3, 0.4) is 0 Å². The summed E-state index contributed by atoms with van der Waals surface area (Å²) < 4.78 is 6.12. The van der Waals surface area contributed by atoms with Gasteiger partial charge in [0.15, 0.2) is 0 Å². The molecule has 0 amide bonds. The zero-order chi connectivity index (χ0) is 16.5. The molecule has 0 rings (SSSR count). The molecule has 0 N–H and O–H groups in total. The van der Waals surface area contributed by atoms with Gasteiger partial charge in [-0.2, -0.15) is 59.7 Å². The van der Waals surface area contributed by atoms with Crippen LogP contribution in [0.4, 0.5) is 0 Å². The van der Waals surface area contributed by atoms with E-state index in [2.05, 4.69) is 56.9 Å². The summed E-state index contributed by atoms with van der Waals surface area (Å²) in [5, 5.41) is 0. The van der Waals surface area contributed by atoms with E-state index >= 15 is 0 Å². The van der Waals surface area contributed by atoms with Crippen molar-refractivity contribution in [1.29, 1.82) is 0 Å². The Hall–Kier alpha value is 1.71. The molecule has 0 saturated carbocycles. The fourth-order valence-electron chi connectivity index (χ4n) is 1.62. The lowest BCUT2D eigenvalue weighted by molar-refractivity contribution is 0.142. The van der Waals surface area contributed by atoms with Gasteiger partial charge in [-0.3, -0.25) is 0 Å². The predicted molar refractivity (Wildman–Crippen MR) is 118 cm³/mol. The van der Waals surface area contributed by atoms with Gasteiger partial charge in [0, 0.05) is 45.9 Å². The van der Waals surface area contributed by atoms with E-state index in [4.69, 9.17) is 4.74 Å². The molecule has 22 heavy (non-hydrogen) atoms. The Kier molecular flexibility index (Phi) is 18.9. The molecule has 0 aliphatic rings. The van der Waals surface area contributed by atoms with Gasteiger partial charge >= 0.3 is 0 Å². The molecule has 0 aromatic rings. The summed E-state index contributed by atoms with van der Waals surface area (Å²) in [4.78, 5) is 0. The average molecular weight is 403 g/mol. The molecule has 0 saturated heterocycles. The third-order valence-electron chi connectivity index (χ3n) is 2.90. The molecule has 0 atom stereocenters. The number of rotatable bonds is 17. The van der Waals surface area contributed by atoms with E-state index in [-0.39, 0.29) is 0 Å². The van der Waals surface area contributed by atoms with E-state index < -0.39 is 0 Å². The largest absolute Gasteiger partial charge is 0.381 e. The molecule has 0 heterocycles. The second-order valence-corrected chi connectivity index (χ2v) is 11.5. The molecule has 0 aromatic carbocycles. The highest BCUT2D eigenvalue weighted by atomic mass is 32.2. The molecule has 0 aliphatic heterocycles. The second kappa shape index (κ2) is 17.5. The SMILES string of the molecule is CCCSCCSCCOCCC(C)(C)SCCSCCS. The topological polar surface area (TPSA) is 9.23 Å². The van der Waals surface area contributed by atoms with Crippen molar-refractivity contribution in [1.82, 2.24) is 0 Å². The van der Waals surface area contributed by atoms with E-state index in [0.717, 1.165) is 31.1 Å². The first-order valence-corrected chi connectivity index (χ1v) is 13.3. The zero-order valence-electron chi connectivity index (χ0n) is 14.5. The van der Waals surface area contributed by atoms with Gasteiger partial charge in [0.2, 0.25) is 0 Å². The normalized spacial score (nSPS) is 12.0. The standard InChI is InChI=1S/C16H34OS5/c1-4-9-19-12-13-20-10-7-17-6-5-16(2,3)22-15-14-21-11-8-18/h18H,4-15H2,1-3H3. The first-order chi connectivity index (χ1) is 10.6. The molecule has 134 valence electrons. The van der Waals surface area contributed by atoms with Crippen molar-refractivity contribution in [2.45, 2.75) is 38.4 Å². The second-order valence-electron chi connectivity index (χ2n) is 5.53. The highest BCUT2D eigenvalue weighted by molar-refractivity contribution is 8.04. The number of hydrogen-bond acceptors (Lipinski definition) is 6. The molecule has 0 spiro atoms. The van der Waals surface area contributed by atoms with Gasteiger partial charge in [0.1, 0.15) is 0 Å². The molecule has 0 fully saturated rings. The zero-order valence-corrected chi connectivity index (χ0v) is 18.6. The monoisotopic (exact) mass is 402 g/mol. The van der Waals surface area contributed by atoms with Gasteiger partial charge in [0.05, 0.1) is 6.61 Å². The fraction of sp³-hybridized carbons (Fsp3) is 1.00. The average Bonchev–Trinajstić information content (AvgIpc) is 2.49. The molecular weight excluding hydrogens is 369 g/mol. The van der Waals surface area contributed by atoms with E-state index in [1.165, 1.54) is 40.9 Å². The Morgan fingerprint density at radius 1 is 0.818 bits per heavy atom. The first kappa shape index (κ1) is 23.7.